The van der Waals surface area contributed by atoms with Gasteiger partial charge >= 0.3 is 5.97 Å². The van der Waals surface area contributed by atoms with Crippen molar-refractivity contribution in [3.63, 3.8) is 0 Å². The maximum Gasteiger partial charge on any atom is 0.355 e. The van der Waals surface area contributed by atoms with Gasteiger partial charge in [0.2, 0.25) is 0 Å². The van der Waals surface area contributed by atoms with Crippen LogP contribution in [0.1, 0.15) is 46.2 Å². The van der Waals surface area contributed by atoms with Gasteiger partial charge in [0.05, 0.1) is 4.92 Å². The van der Waals surface area contributed by atoms with Crippen LogP contribution < -0.4 is 0 Å². The Morgan fingerprint density at radius 2 is 2.23 bits per heavy atom. The van der Waals surface area contributed by atoms with Crippen LogP contribution in [0.3, 0.4) is 0 Å². The number of aromatic nitrogens is 1. The fraction of sp³-hybridized carbons (Fsp3) is 0.333. The number of carboxylic acid groups (broad SMARTS) is 1. The zero-order valence-corrected chi connectivity index (χ0v) is 12.5. The molecule has 3 rings (SSSR count). The van der Waals surface area contributed by atoms with Gasteiger partial charge in [-0.3, -0.25) is 10.1 Å². The summed E-state index contributed by atoms with van der Waals surface area (Å²) < 4.78 is 0. The number of nitrogens with zero attached hydrogens (tertiary/aromatic N) is 2. The molecule has 1 aromatic heterocycles. The number of carbonyl (C=O) groups is 1. The van der Waals surface area contributed by atoms with E-state index >= 15 is 0 Å². The zero-order chi connectivity index (χ0) is 15.7. The topological polar surface area (TPSA) is 93.3 Å². The molecule has 2 aromatic rings. The highest BCUT2D eigenvalue weighted by atomic mass is 32.1. The van der Waals surface area contributed by atoms with Crippen LogP contribution in [0.25, 0.3) is 0 Å². The molecule has 1 aliphatic carbocycles. The second-order valence-electron chi connectivity index (χ2n) is 5.40. The highest BCUT2D eigenvalue weighted by molar-refractivity contribution is 7.10. The molecule has 6 nitrogen and oxygen atoms in total. The molecular formula is C15H14N2O4S. The van der Waals surface area contributed by atoms with E-state index in [0.29, 0.717) is 5.92 Å². The van der Waals surface area contributed by atoms with E-state index < -0.39 is 10.9 Å². The molecule has 0 aliphatic heterocycles. The number of non-ortho nitro benzene ring substituents is 1. The maximum absolute atomic E-state index is 11.0. The quantitative estimate of drug-likeness (QED) is 0.670. The Labute approximate surface area is 130 Å². The fourth-order valence-electron chi connectivity index (χ4n) is 2.75. The maximum atomic E-state index is 11.0. The third-order valence-corrected chi connectivity index (χ3v) is 5.00. The van der Waals surface area contributed by atoms with Gasteiger partial charge in [-0.15, -0.1) is 11.3 Å². The molecule has 1 unspecified atom stereocenters. The van der Waals surface area contributed by atoms with Crippen LogP contribution in [0, 0.1) is 16.0 Å². The minimum Gasteiger partial charge on any atom is -0.476 e. The number of nitro groups is 1. The zero-order valence-electron chi connectivity index (χ0n) is 11.6. The molecule has 1 aliphatic rings. The number of thiazole rings is 1. The summed E-state index contributed by atoms with van der Waals surface area (Å²) in [6, 6.07) is 6.57. The summed E-state index contributed by atoms with van der Waals surface area (Å²) in [6.45, 7) is 0. The van der Waals surface area contributed by atoms with Gasteiger partial charge in [0, 0.05) is 23.4 Å². The normalized spacial score (nSPS) is 16.0. The number of hydrogen-bond acceptors (Lipinski definition) is 5. The number of benzene rings is 1. The summed E-state index contributed by atoms with van der Waals surface area (Å²) in [5, 5.41) is 22.3. The second-order valence-corrected chi connectivity index (χ2v) is 6.29. The third-order valence-electron chi connectivity index (χ3n) is 4.07. The molecular weight excluding hydrogens is 304 g/mol. The molecule has 114 valence electrons. The van der Waals surface area contributed by atoms with Crippen LogP contribution in [0.15, 0.2) is 29.6 Å². The molecule has 1 N–H and O–H groups in total. The predicted octanol–water partition coefficient (Wildman–Crippen LogP) is 3.68. The van der Waals surface area contributed by atoms with Gasteiger partial charge in [-0.05, 0) is 24.3 Å². The number of hydrogen-bond donors (Lipinski definition) is 1. The van der Waals surface area contributed by atoms with E-state index in [1.807, 2.05) is 6.07 Å². The first kappa shape index (κ1) is 14.6. The Morgan fingerprint density at radius 1 is 1.45 bits per heavy atom. The van der Waals surface area contributed by atoms with Crippen molar-refractivity contribution in [2.45, 2.75) is 25.2 Å². The molecule has 22 heavy (non-hydrogen) atoms. The smallest absolute Gasteiger partial charge is 0.355 e. The van der Waals surface area contributed by atoms with E-state index in [1.165, 1.54) is 22.8 Å². The monoisotopic (exact) mass is 318 g/mol. The van der Waals surface area contributed by atoms with E-state index in [4.69, 9.17) is 5.11 Å². The summed E-state index contributed by atoms with van der Waals surface area (Å²) in [4.78, 5) is 25.8. The van der Waals surface area contributed by atoms with Crippen molar-refractivity contribution < 1.29 is 14.8 Å². The number of rotatable bonds is 5. The van der Waals surface area contributed by atoms with Crippen LogP contribution >= 0.6 is 11.3 Å². The lowest BCUT2D eigenvalue weighted by Crippen LogP contribution is -2.21. The third kappa shape index (κ3) is 2.71. The lowest BCUT2D eigenvalue weighted by atomic mass is 9.73. The molecule has 7 heteroatoms. The average Bonchev–Trinajstić information content (AvgIpc) is 2.92. The van der Waals surface area contributed by atoms with E-state index in [0.717, 1.165) is 29.8 Å². The molecule has 1 aromatic carbocycles. The van der Waals surface area contributed by atoms with Gasteiger partial charge in [0.25, 0.3) is 5.69 Å². The number of carboxylic acids is 1. The van der Waals surface area contributed by atoms with Gasteiger partial charge in [0.15, 0.2) is 5.69 Å². The van der Waals surface area contributed by atoms with Crippen molar-refractivity contribution in [3.05, 3.63) is 56.0 Å². The molecule has 0 bridgehead atoms. The summed E-state index contributed by atoms with van der Waals surface area (Å²) in [5.74, 6) is -0.740. The summed E-state index contributed by atoms with van der Waals surface area (Å²) in [6.07, 6.45) is 3.21. The second kappa shape index (κ2) is 5.84. The Balaban J connectivity index is 2.00. The average molecular weight is 318 g/mol. The van der Waals surface area contributed by atoms with Crippen LogP contribution in [-0.4, -0.2) is 21.0 Å². The van der Waals surface area contributed by atoms with Crippen LogP contribution in [0.5, 0.6) is 0 Å². The molecule has 1 atom stereocenters. The Morgan fingerprint density at radius 3 is 2.77 bits per heavy atom. The van der Waals surface area contributed by atoms with Gasteiger partial charge < -0.3 is 5.11 Å². The van der Waals surface area contributed by atoms with Crippen molar-refractivity contribution >= 4 is 23.0 Å². The Hall–Kier alpha value is -2.28. The van der Waals surface area contributed by atoms with Gasteiger partial charge in [-0.2, -0.15) is 0 Å². The fourth-order valence-corrected chi connectivity index (χ4v) is 3.76. The first-order valence-electron chi connectivity index (χ1n) is 6.99. The lowest BCUT2D eigenvalue weighted by Gasteiger charge is -2.32. The van der Waals surface area contributed by atoms with Crippen LogP contribution in [0.2, 0.25) is 0 Å². The van der Waals surface area contributed by atoms with Gasteiger partial charge in [-0.25, -0.2) is 9.78 Å². The van der Waals surface area contributed by atoms with Crippen molar-refractivity contribution in [2.75, 3.05) is 0 Å². The highest BCUT2D eigenvalue weighted by Crippen LogP contribution is 2.44. The van der Waals surface area contributed by atoms with Crippen molar-refractivity contribution in [1.29, 1.82) is 0 Å². The van der Waals surface area contributed by atoms with Gasteiger partial charge in [-0.1, -0.05) is 18.6 Å². The molecule has 0 radical (unpaired) electrons. The number of aromatic carboxylic acids is 1. The largest absolute Gasteiger partial charge is 0.476 e. The summed E-state index contributed by atoms with van der Waals surface area (Å²) in [7, 11) is 0. The van der Waals surface area contributed by atoms with Crippen molar-refractivity contribution in [1.82, 2.24) is 4.98 Å². The minimum absolute atomic E-state index is 0.0368. The van der Waals surface area contributed by atoms with E-state index in [-0.39, 0.29) is 17.3 Å². The van der Waals surface area contributed by atoms with Crippen molar-refractivity contribution in [2.24, 2.45) is 5.92 Å². The number of nitro benzene ring substituents is 1. The molecule has 0 spiro atoms. The highest BCUT2D eigenvalue weighted by Gasteiger charge is 2.33. The van der Waals surface area contributed by atoms with Crippen LogP contribution in [0.4, 0.5) is 5.69 Å². The molecule has 1 heterocycles. The molecule has 1 fully saturated rings. The van der Waals surface area contributed by atoms with Gasteiger partial charge in [0.1, 0.15) is 5.01 Å². The molecule has 1 saturated carbocycles. The standard InChI is InChI=1S/C15H14N2O4S/c18-15(19)12-8-22-14(16-12)13(9-3-1-4-9)10-5-2-6-11(7-10)17(20)21/h2,5-9,13H,1,3-4H2,(H,18,19). The predicted molar refractivity (Wildman–Crippen MR) is 81.4 cm³/mol. The Kier molecular flexibility index (Phi) is 3.89. The first-order valence-corrected chi connectivity index (χ1v) is 7.87. The SMILES string of the molecule is O=C(O)c1csc(C(c2cccc([N+](=O)[O-])c2)C2CCC2)n1. The lowest BCUT2D eigenvalue weighted by molar-refractivity contribution is -0.384. The minimum atomic E-state index is -1.05. The van der Waals surface area contributed by atoms with Crippen molar-refractivity contribution in [3.8, 4) is 0 Å². The van der Waals surface area contributed by atoms with E-state index in [2.05, 4.69) is 4.98 Å². The van der Waals surface area contributed by atoms with E-state index in [1.54, 1.807) is 12.1 Å². The van der Waals surface area contributed by atoms with Crippen LogP contribution in [-0.2, 0) is 0 Å². The molecule has 0 saturated heterocycles. The Bertz CT molecular complexity index is 724. The van der Waals surface area contributed by atoms with E-state index in [9.17, 15) is 14.9 Å². The summed E-state index contributed by atoms with van der Waals surface area (Å²) in [5.41, 5.74) is 0.928. The first-order chi connectivity index (χ1) is 10.6. The molecule has 0 amide bonds. The summed E-state index contributed by atoms with van der Waals surface area (Å²) >= 11 is 1.31.